The van der Waals surface area contributed by atoms with Gasteiger partial charge < -0.3 is 9.47 Å². The van der Waals surface area contributed by atoms with E-state index in [-0.39, 0.29) is 0 Å². The van der Waals surface area contributed by atoms with Crippen LogP contribution in [0, 0.1) is 0 Å². The van der Waals surface area contributed by atoms with E-state index < -0.39 is 0 Å². The highest BCUT2D eigenvalue weighted by atomic mass is 15.1. The van der Waals surface area contributed by atoms with Crippen LogP contribution >= 0.6 is 0 Å². The molecule has 52 heavy (non-hydrogen) atoms. The number of hydrogen-bond acceptors (Lipinski definition) is 1. The van der Waals surface area contributed by atoms with Gasteiger partial charge in [0, 0.05) is 33.5 Å². The fourth-order valence-electron chi connectivity index (χ4n) is 7.77. The van der Waals surface area contributed by atoms with E-state index in [1.54, 1.807) is 0 Å². The number of rotatable bonds is 6. The van der Waals surface area contributed by atoms with Crippen LogP contribution in [0.5, 0.6) is 0 Å². The lowest BCUT2D eigenvalue weighted by atomic mass is 10.0. The van der Waals surface area contributed by atoms with Gasteiger partial charge in [0.25, 0.3) is 0 Å². The zero-order chi connectivity index (χ0) is 34.4. The van der Waals surface area contributed by atoms with E-state index in [1.807, 2.05) is 0 Å². The second-order valence-electron chi connectivity index (χ2n) is 13.4. The normalized spacial score (nSPS) is 11.5. The summed E-state index contributed by atoms with van der Waals surface area (Å²) in [5, 5.41) is 7.44. The van der Waals surface area contributed by atoms with Crippen LogP contribution in [-0.2, 0) is 0 Å². The van der Waals surface area contributed by atoms with Gasteiger partial charge in [-0.3, -0.25) is 0 Å². The smallest absolute Gasteiger partial charge is 0.0547 e. The molecule has 0 unspecified atom stereocenters. The summed E-state index contributed by atoms with van der Waals surface area (Å²) in [6.45, 7) is 0. The van der Waals surface area contributed by atoms with Crippen LogP contribution in [0.1, 0.15) is 0 Å². The number of anilines is 3. The highest BCUT2D eigenvalue weighted by Gasteiger charge is 2.17. The third kappa shape index (κ3) is 5.21. The Morgan fingerprint density at radius 1 is 0.288 bits per heavy atom. The lowest BCUT2D eigenvalue weighted by molar-refractivity contribution is 1.19. The average molecular weight is 663 g/mol. The minimum absolute atomic E-state index is 1.11. The predicted molar refractivity (Wildman–Crippen MR) is 221 cm³/mol. The van der Waals surface area contributed by atoms with E-state index >= 15 is 0 Å². The van der Waals surface area contributed by atoms with Crippen molar-refractivity contribution in [1.82, 2.24) is 4.57 Å². The Bertz CT molecular complexity index is 2890. The molecular formula is C50H34N2. The molecule has 0 amide bonds. The molecular weight excluding hydrogens is 629 g/mol. The highest BCUT2D eigenvalue weighted by Crippen LogP contribution is 2.40. The molecule has 0 fully saturated rings. The molecule has 244 valence electrons. The molecule has 10 aromatic rings. The molecule has 0 aliphatic heterocycles. The summed E-state index contributed by atoms with van der Waals surface area (Å²) >= 11 is 0. The molecule has 2 nitrogen and oxygen atoms in total. The number of hydrogen-bond donors (Lipinski definition) is 0. The van der Waals surface area contributed by atoms with E-state index in [2.05, 4.69) is 216 Å². The van der Waals surface area contributed by atoms with Gasteiger partial charge in [-0.25, -0.2) is 0 Å². The third-order valence-corrected chi connectivity index (χ3v) is 10.3. The number of fused-ring (bicyclic) bond motifs is 5. The number of para-hydroxylation sites is 1. The highest BCUT2D eigenvalue weighted by molar-refractivity contribution is 6.13. The van der Waals surface area contributed by atoms with E-state index in [0.29, 0.717) is 0 Å². The summed E-state index contributed by atoms with van der Waals surface area (Å²) in [5.41, 5.74) is 11.7. The van der Waals surface area contributed by atoms with Crippen LogP contribution in [0.25, 0.3) is 71.3 Å². The van der Waals surface area contributed by atoms with Crippen LogP contribution in [-0.4, -0.2) is 4.57 Å². The molecule has 0 saturated carbocycles. The molecule has 0 atom stereocenters. The molecule has 0 aliphatic rings. The summed E-state index contributed by atoms with van der Waals surface area (Å²) in [5.74, 6) is 0. The lowest BCUT2D eigenvalue weighted by Crippen LogP contribution is -2.10. The monoisotopic (exact) mass is 662 g/mol. The lowest BCUT2D eigenvalue weighted by Gasteiger charge is -2.26. The Morgan fingerprint density at radius 2 is 0.846 bits per heavy atom. The Morgan fingerprint density at radius 3 is 1.63 bits per heavy atom. The molecule has 0 bridgehead atoms. The number of nitrogens with zero attached hydrogens (tertiary/aromatic N) is 2. The fraction of sp³-hybridized carbons (Fsp3) is 0. The van der Waals surface area contributed by atoms with Crippen molar-refractivity contribution in [3.05, 3.63) is 206 Å². The topological polar surface area (TPSA) is 8.17 Å². The summed E-state index contributed by atoms with van der Waals surface area (Å²) < 4.78 is 2.42. The molecule has 0 radical (unpaired) electrons. The third-order valence-electron chi connectivity index (χ3n) is 10.3. The van der Waals surface area contributed by atoms with Crippen molar-refractivity contribution in [3.8, 4) is 27.9 Å². The van der Waals surface area contributed by atoms with Crippen LogP contribution in [0.3, 0.4) is 0 Å². The van der Waals surface area contributed by atoms with Crippen molar-refractivity contribution in [1.29, 1.82) is 0 Å². The van der Waals surface area contributed by atoms with Crippen molar-refractivity contribution < 1.29 is 0 Å². The SMILES string of the molecule is c1ccc(-c2ccc(N(c3cccc(-c4ccccc4)c3)c3ccc4cc(-n5c6ccccc6c6cc7ccccc7cc65)ccc4c3)cc2)cc1. The zero-order valence-corrected chi connectivity index (χ0v) is 28.5. The first-order valence-electron chi connectivity index (χ1n) is 17.8. The van der Waals surface area contributed by atoms with Crippen molar-refractivity contribution in [2.24, 2.45) is 0 Å². The van der Waals surface area contributed by atoms with Crippen LogP contribution < -0.4 is 4.90 Å². The summed E-state index contributed by atoms with van der Waals surface area (Å²) in [7, 11) is 0. The van der Waals surface area contributed by atoms with Crippen LogP contribution in [0.4, 0.5) is 17.1 Å². The van der Waals surface area contributed by atoms with Gasteiger partial charge in [-0.1, -0.05) is 140 Å². The van der Waals surface area contributed by atoms with E-state index in [1.165, 1.54) is 65.6 Å². The van der Waals surface area contributed by atoms with Gasteiger partial charge in [-0.15, -0.1) is 0 Å². The summed E-state index contributed by atoms with van der Waals surface area (Å²) in [4.78, 5) is 2.37. The fourth-order valence-corrected chi connectivity index (χ4v) is 7.77. The first-order valence-corrected chi connectivity index (χ1v) is 17.8. The molecule has 0 N–H and O–H groups in total. The Hall–Kier alpha value is -6.90. The number of benzene rings is 9. The molecule has 1 aromatic heterocycles. The second-order valence-corrected chi connectivity index (χ2v) is 13.4. The first kappa shape index (κ1) is 30.0. The zero-order valence-electron chi connectivity index (χ0n) is 28.5. The van der Waals surface area contributed by atoms with Gasteiger partial charge in [-0.2, -0.15) is 0 Å². The van der Waals surface area contributed by atoms with Gasteiger partial charge in [0.2, 0.25) is 0 Å². The minimum Gasteiger partial charge on any atom is -0.310 e. The Balaban J connectivity index is 1.10. The minimum atomic E-state index is 1.11. The molecule has 9 aromatic carbocycles. The van der Waals surface area contributed by atoms with Gasteiger partial charge >= 0.3 is 0 Å². The van der Waals surface area contributed by atoms with Gasteiger partial charge in [0.1, 0.15) is 0 Å². The van der Waals surface area contributed by atoms with Gasteiger partial charge in [-0.05, 0) is 111 Å². The molecule has 0 saturated heterocycles. The van der Waals surface area contributed by atoms with Crippen molar-refractivity contribution in [2.75, 3.05) is 4.90 Å². The molecule has 0 spiro atoms. The van der Waals surface area contributed by atoms with Gasteiger partial charge in [0.05, 0.1) is 11.0 Å². The molecule has 2 heteroatoms. The summed E-state index contributed by atoms with van der Waals surface area (Å²) in [6, 6.07) is 74.7. The maximum absolute atomic E-state index is 2.42. The molecule has 10 rings (SSSR count). The van der Waals surface area contributed by atoms with Crippen molar-refractivity contribution in [2.45, 2.75) is 0 Å². The quantitative estimate of drug-likeness (QED) is 0.172. The average Bonchev–Trinajstić information content (AvgIpc) is 3.54. The van der Waals surface area contributed by atoms with E-state index in [9.17, 15) is 0 Å². The molecule has 0 aliphatic carbocycles. The maximum atomic E-state index is 2.42. The van der Waals surface area contributed by atoms with Gasteiger partial charge in [0.15, 0.2) is 0 Å². The Kier molecular flexibility index (Phi) is 7.18. The maximum Gasteiger partial charge on any atom is 0.0547 e. The van der Waals surface area contributed by atoms with Crippen LogP contribution in [0.15, 0.2) is 206 Å². The second kappa shape index (κ2) is 12.5. The van der Waals surface area contributed by atoms with Crippen molar-refractivity contribution >= 4 is 60.4 Å². The number of aromatic nitrogens is 1. The Labute approximate surface area is 303 Å². The largest absolute Gasteiger partial charge is 0.310 e. The first-order chi connectivity index (χ1) is 25.8. The van der Waals surface area contributed by atoms with Crippen LogP contribution in [0.2, 0.25) is 0 Å². The predicted octanol–water partition coefficient (Wildman–Crippen LogP) is 13.9. The van der Waals surface area contributed by atoms with E-state index in [4.69, 9.17) is 0 Å². The standard InChI is InChI=1S/C50H34N2/c1-3-12-35(13-4-1)37-22-26-43(27-23-37)51(44-19-11-18-38(30-44)36-14-5-2-6-15-36)45-28-24-42-32-46(29-25-41(42)31-45)52-49-21-10-9-20-47(49)48-33-39-16-7-8-17-40(39)34-50(48)52/h1-34H. The summed E-state index contributed by atoms with van der Waals surface area (Å²) in [6.07, 6.45) is 0. The van der Waals surface area contributed by atoms with Crippen molar-refractivity contribution in [3.63, 3.8) is 0 Å². The molecule has 1 heterocycles. The van der Waals surface area contributed by atoms with E-state index in [0.717, 1.165) is 22.7 Å².